The first-order valence-electron chi connectivity index (χ1n) is 12.6. The molecule has 3 aliphatic heterocycles. The third kappa shape index (κ3) is 3.54. The van der Waals surface area contributed by atoms with Crippen LogP contribution in [0.4, 0.5) is 17.2 Å². The summed E-state index contributed by atoms with van der Waals surface area (Å²) in [5.74, 6) is 2.47. The second-order valence-corrected chi connectivity index (χ2v) is 9.67. The number of rotatable bonds is 5. The molecule has 0 amide bonds. The van der Waals surface area contributed by atoms with E-state index in [2.05, 4.69) is 44.5 Å². The number of fused-ring (bicyclic) bond motifs is 2. The molecule has 2 saturated heterocycles. The molecule has 10 heteroatoms. The zero-order chi connectivity index (χ0) is 24.0. The summed E-state index contributed by atoms with van der Waals surface area (Å²) >= 11 is 0. The molecule has 1 aromatic carbocycles. The molecule has 0 aliphatic carbocycles. The molecule has 1 unspecified atom stereocenters. The Labute approximate surface area is 205 Å². The summed E-state index contributed by atoms with van der Waals surface area (Å²) in [5.41, 5.74) is 2.66. The van der Waals surface area contributed by atoms with Crippen molar-refractivity contribution in [3.8, 4) is 0 Å². The van der Waals surface area contributed by atoms with Crippen LogP contribution < -0.4 is 20.9 Å². The van der Waals surface area contributed by atoms with E-state index >= 15 is 0 Å². The van der Waals surface area contributed by atoms with Gasteiger partial charge in [0.15, 0.2) is 28.5 Å². The average molecular weight is 479 g/mol. The number of ether oxygens (including phenoxy) is 2. The number of aryl methyl sites for hydroxylation is 1. The number of benzene rings is 1. The van der Waals surface area contributed by atoms with E-state index in [-0.39, 0.29) is 0 Å². The van der Waals surface area contributed by atoms with Crippen LogP contribution in [0.1, 0.15) is 37.8 Å². The number of methoxy groups -OCH3 is 1. The highest BCUT2D eigenvalue weighted by atomic mass is 16.5. The van der Waals surface area contributed by atoms with Crippen molar-refractivity contribution in [3.63, 3.8) is 0 Å². The van der Waals surface area contributed by atoms with Gasteiger partial charge in [-0.1, -0.05) is 19.1 Å². The topological polar surface area (TPSA) is 101 Å². The van der Waals surface area contributed by atoms with Crippen LogP contribution in [-0.4, -0.2) is 66.0 Å². The molecule has 0 spiro atoms. The molecule has 10 nitrogen and oxygen atoms in total. The van der Waals surface area contributed by atoms with E-state index in [1.54, 1.807) is 7.11 Å². The molecule has 0 bridgehead atoms. The fourth-order valence-electron chi connectivity index (χ4n) is 5.61. The highest BCUT2D eigenvalue weighted by Gasteiger charge is 2.42. The van der Waals surface area contributed by atoms with Crippen LogP contribution in [-0.2, 0) is 27.8 Å². The number of nitrogens with one attached hydrogen (secondary N) is 3. The summed E-state index contributed by atoms with van der Waals surface area (Å²) in [7, 11) is 3.82. The van der Waals surface area contributed by atoms with Gasteiger partial charge in [0.1, 0.15) is 11.4 Å². The van der Waals surface area contributed by atoms with E-state index in [0.717, 1.165) is 79.6 Å². The highest BCUT2D eigenvalue weighted by Crippen LogP contribution is 2.42. The summed E-state index contributed by atoms with van der Waals surface area (Å²) < 4.78 is 13.9. The molecule has 2 fully saturated rings. The Morgan fingerprint density at radius 1 is 1.09 bits per heavy atom. The first-order valence-corrected chi connectivity index (χ1v) is 12.6. The van der Waals surface area contributed by atoms with Gasteiger partial charge < -0.3 is 34.9 Å². The van der Waals surface area contributed by atoms with Crippen molar-refractivity contribution < 1.29 is 9.47 Å². The van der Waals surface area contributed by atoms with Crippen molar-refractivity contribution in [2.24, 2.45) is 7.05 Å². The summed E-state index contributed by atoms with van der Waals surface area (Å²) in [6, 6.07) is 8.25. The van der Waals surface area contributed by atoms with Crippen LogP contribution in [0.3, 0.4) is 0 Å². The van der Waals surface area contributed by atoms with Gasteiger partial charge in [0.2, 0.25) is 0 Å². The SMILES string of the molecule is CCC1(c2nc(N3CCOCC3)c3nc(C4(OC)CCCNC4)n(C)c3n2)Nc2ccccc2N1. The Morgan fingerprint density at radius 3 is 2.46 bits per heavy atom. The van der Waals surface area contributed by atoms with Crippen LogP contribution in [0, 0.1) is 0 Å². The predicted octanol–water partition coefficient (Wildman–Crippen LogP) is 2.53. The van der Waals surface area contributed by atoms with Gasteiger partial charge in [-0.05, 0) is 37.9 Å². The third-order valence-electron chi connectivity index (χ3n) is 7.69. The minimum absolute atomic E-state index is 0.487. The molecule has 3 aromatic rings. The van der Waals surface area contributed by atoms with Gasteiger partial charge >= 0.3 is 0 Å². The number of morpholine rings is 1. The molecular weight excluding hydrogens is 444 g/mol. The van der Waals surface area contributed by atoms with Crippen molar-refractivity contribution in [2.45, 2.75) is 37.5 Å². The van der Waals surface area contributed by atoms with E-state index in [9.17, 15) is 0 Å². The Kier molecular flexibility index (Phi) is 5.54. The Morgan fingerprint density at radius 2 is 1.83 bits per heavy atom. The lowest BCUT2D eigenvalue weighted by Gasteiger charge is -2.35. The average Bonchev–Trinajstić information content (AvgIpc) is 3.48. The molecule has 6 rings (SSSR count). The highest BCUT2D eigenvalue weighted by molar-refractivity contribution is 5.85. The lowest BCUT2D eigenvalue weighted by atomic mass is 9.93. The van der Waals surface area contributed by atoms with Gasteiger partial charge in [-0.25, -0.2) is 15.0 Å². The van der Waals surface area contributed by atoms with Gasteiger partial charge in [0.25, 0.3) is 0 Å². The first-order chi connectivity index (χ1) is 17.1. The Hall–Kier alpha value is -2.95. The van der Waals surface area contributed by atoms with Crippen LogP contribution in [0.2, 0.25) is 0 Å². The maximum absolute atomic E-state index is 6.12. The molecule has 2 aromatic heterocycles. The van der Waals surface area contributed by atoms with Crippen LogP contribution in [0.5, 0.6) is 0 Å². The van der Waals surface area contributed by atoms with E-state index in [1.165, 1.54) is 0 Å². The number of nitrogens with zero attached hydrogens (tertiary/aromatic N) is 5. The lowest BCUT2D eigenvalue weighted by molar-refractivity contribution is -0.0419. The van der Waals surface area contributed by atoms with Gasteiger partial charge in [-0.15, -0.1) is 0 Å². The molecule has 186 valence electrons. The smallest absolute Gasteiger partial charge is 0.179 e. The summed E-state index contributed by atoms with van der Waals surface area (Å²) in [4.78, 5) is 17.8. The van der Waals surface area contributed by atoms with Crippen molar-refractivity contribution in [2.75, 3.05) is 62.0 Å². The Bertz CT molecular complexity index is 1200. The minimum Gasteiger partial charge on any atom is -0.378 e. The summed E-state index contributed by atoms with van der Waals surface area (Å²) in [6.07, 6.45) is 2.72. The van der Waals surface area contributed by atoms with E-state index in [4.69, 9.17) is 24.4 Å². The number of para-hydroxylation sites is 2. The number of hydrogen-bond donors (Lipinski definition) is 3. The summed E-state index contributed by atoms with van der Waals surface area (Å²) in [6.45, 7) is 6.76. The normalized spacial score (nSPS) is 23.7. The molecule has 35 heavy (non-hydrogen) atoms. The zero-order valence-electron chi connectivity index (χ0n) is 20.7. The van der Waals surface area contributed by atoms with Crippen molar-refractivity contribution in [1.82, 2.24) is 24.8 Å². The maximum Gasteiger partial charge on any atom is 0.179 e. The van der Waals surface area contributed by atoms with Crippen molar-refractivity contribution >= 4 is 28.4 Å². The fourth-order valence-corrected chi connectivity index (χ4v) is 5.61. The third-order valence-corrected chi connectivity index (χ3v) is 7.69. The molecule has 5 heterocycles. The van der Waals surface area contributed by atoms with Gasteiger partial charge in [0.05, 0.1) is 24.6 Å². The molecule has 3 aliphatic rings. The molecule has 3 N–H and O–H groups in total. The number of imidazole rings is 1. The van der Waals surface area contributed by atoms with Gasteiger partial charge in [-0.3, -0.25) is 0 Å². The number of piperidine rings is 1. The number of aromatic nitrogens is 4. The standard InChI is InChI=1S/C25H34N8O2/c1-4-25(30-17-8-5-6-9-18(17)31-25)22-28-20-19(21(29-22)33-12-14-35-15-13-33)27-23(32(20)2)24(34-3)10-7-11-26-16-24/h5-6,8-9,26,30-31H,4,7,10-16H2,1-3H3. The lowest BCUT2D eigenvalue weighted by Crippen LogP contribution is -2.46. The molecule has 1 atom stereocenters. The molecule has 0 saturated carbocycles. The second kappa shape index (κ2) is 8.61. The quantitative estimate of drug-likeness (QED) is 0.511. The van der Waals surface area contributed by atoms with E-state index in [1.807, 2.05) is 19.2 Å². The molecule has 0 radical (unpaired) electrons. The monoisotopic (exact) mass is 478 g/mol. The van der Waals surface area contributed by atoms with E-state index in [0.29, 0.717) is 19.0 Å². The largest absolute Gasteiger partial charge is 0.378 e. The summed E-state index contributed by atoms with van der Waals surface area (Å²) in [5, 5.41) is 10.8. The van der Waals surface area contributed by atoms with Crippen molar-refractivity contribution in [1.29, 1.82) is 0 Å². The van der Waals surface area contributed by atoms with Gasteiger partial charge in [0, 0.05) is 33.8 Å². The predicted molar refractivity (Wildman–Crippen MR) is 136 cm³/mol. The van der Waals surface area contributed by atoms with E-state index < -0.39 is 11.3 Å². The maximum atomic E-state index is 6.12. The Balaban J connectivity index is 1.53. The fraction of sp³-hybridized carbons (Fsp3) is 0.560. The van der Waals surface area contributed by atoms with Crippen LogP contribution >= 0.6 is 0 Å². The van der Waals surface area contributed by atoms with Crippen molar-refractivity contribution in [3.05, 3.63) is 35.9 Å². The number of anilines is 3. The van der Waals surface area contributed by atoms with Crippen LogP contribution in [0.25, 0.3) is 11.2 Å². The van der Waals surface area contributed by atoms with Crippen LogP contribution in [0.15, 0.2) is 24.3 Å². The van der Waals surface area contributed by atoms with Gasteiger partial charge in [-0.2, -0.15) is 0 Å². The molecular formula is C25H34N8O2. The second-order valence-electron chi connectivity index (χ2n) is 9.67. The zero-order valence-corrected chi connectivity index (χ0v) is 20.7. The first kappa shape index (κ1) is 22.5. The number of hydrogen-bond acceptors (Lipinski definition) is 9. The minimum atomic E-state index is -0.602.